The normalized spacial score (nSPS) is 11.1. The van der Waals surface area contributed by atoms with Crippen molar-refractivity contribution in [2.75, 3.05) is 0 Å². The summed E-state index contributed by atoms with van der Waals surface area (Å²) in [7, 11) is 0. The van der Waals surface area contributed by atoms with Gasteiger partial charge in [0.25, 0.3) is 0 Å². The highest BCUT2D eigenvalue weighted by atomic mass is 79.9. The lowest BCUT2D eigenvalue weighted by Gasteiger charge is -2.13. The molecule has 0 amide bonds. The Hall–Kier alpha value is -1.62. The molecule has 0 spiro atoms. The standard InChI is InChI=1S/C21H16Br2ClNO/c1-14-6-8-18(9-7-14)25-12-16-10-17(22)11-19(23)21(16)26-13-15-4-2-3-5-20(15)24/h2-12H,13H2,1H3. The van der Waals surface area contributed by atoms with Crippen LogP contribution < -0.4 is 4.74 Å². The molecule has 2 nitrogen and oxygen atoms in total. The van der Waals surface area contributed by atoms with E-state index in [2.05, 4.69) is 43.8 Å². The summed E-state index contributed by atoms with van der Waals surface area (Å²) in [6.07, 6.45) is 1.81. The fourth-order valence-electron chi connectivity index (χ4n) is 2.37. The van der Waals surface area contributed by atoms with Gasteiger partial charge in [-0.1, -0.05) is 63.4 Å². The molecule has 0 radical (unpaired) electrons. The Labute approximate surface area is 175 Å². The van der Waals surface area contributed by atoms with Gasteiger partial charge in [-0.25, -0.2) is 0 Å². The third-order valence-corrected chi connectivity index (χ3v) is 5.17. The highest BCUT2D eigenvalue weighted by Gasteiger charge is 2.10. The van der Waals surface area contributed by atoms with Gasteiger partial charge in [0.15, 0.2) is 0 Å². The molecule has 0 fully saturated rings. The Morgan fingerprint density at radius 1 is 1.04 bits per heavy atom. The number of aliphatic imine (C=N–C) groups is 1. The summed E-state index contributed by atoms with van der Waals surface area (Å²) >= 11 is 13.3. The fraction of sp³-hybridized carbons (Fsp3) is 0.0952. The average Bonchev–Trinajstić information content (AvgIpc) is 2.61. The van der Waals surface area contributed by atoms with Crippen molar-refractivity contribution in [1.29, 1.82) is 0 Å². The van der Waals surface area contributed by atoms with Gasteiger partial charge in [-0.2, -0.15) is 0 Å². The second kappa shape index (κ2) is 8.85. The van der Waals surface area contributed by atoms with E-state index < -0.39 is 0 Å². The topological polar surface area (TPSA) is 21.6 Å². The highest BCUT2D eigenvalue weighted by Crippen LogP contribution is 2.33. The first-order chi connectivity index (χ1) is 12.5. The molecule has 3 aromatic rings. The van der Waals surface area contributed by atoms with Crippen molar-refractivity contribution in [3.8, 4) is 5.75 Å². The molecule has 0 saturated heterocycles. The molecule has 3 aromatic carbocycles. The van der Waals surface area contributed by atoms with Crippen molar-refractivity contribution in [2.45, 2.75) is 13.5 Å². The summed E-state index contributed by atoms with van der Waals surface area (Å²) in [6.45, 7) is 2.44. The molecule has 132 valence electrons. The number of hydrogen-bond donors (Lipinski definition) is 0. The molecular weight excluding hydrogens is 477 g/mol. The number of rotatable bonds is 5. The first-order valence-electron chi connectivity index (χ1n) is 7.99. The molecule has 26 heavy (non-hydrogen) atoms. The lowest BCUT2D eigenvalue weighted by Crippen LogP contribution is -2.00. The average molecular weight is 494 g/mol. The van der Waals surface area contributed by atoms with Crippen molar-refractivity contribution in [1.82, 2.24) is 0 Å². The second-order valence-corrected chi connectivity index (χ2v) is 7.96. The van der Waals surface area contributed by atoms with Gasteiger partial charge in [-0.05, 0) is 53.2 Å². The quantitative estimate of drug-likeness (QED) is 0.337. The zero-order chi connectivity index (χ0) is 18.5. The molecule has 0 saturated carbocycles. The molecule has 0 N–H and O–H groups in total. The molecule has 0 aliphatic heterocycles. The van der Waals surface area contributed by atoms with Crippen molar-refractivity contribution >= 4 is 55.4 Å². The zero-order valence-corrected chi connectivity index (χ0v) is 18.0. The number of hydrogen-bond acceptors (Lipinski definition) is 2. The first-order valence-corrected chi connectivity index (χ1v) is 9.95. The van der Waals surface area contributed by atoms with Crippen LogP contribution >= 0.6 is 43.5 Å². The third kappa shape index (κ3) is 4.97. The summed E-state index contributed by atoms with van der Waals surface area (Å²) in [5, 5.41) is 0.690. The van der Waals surface area contributed by atoms with Gasteiger partial charge < -0.3 is 4.74 Å². The van der Waals surface area contributed by atoms with Crippen LogP contribution in [0.3, 0.4) is 0 Å². The van der Waals surface area contributed by atoms with Crippen molar-refractivity contribution in [2.24, 2.45) is 4.99 Å². The van der Waals surface area contributed by atoms with Gasteiger partial charge in [0, 0.05) is 26.8 Å². The molecule has 0 bridgehead atoms. The van der Waals surface area contributed by atoms with E-state index in [4.69, 9.17) is 16.3 Å². The number of aryl methyl sites for hydroxylation is 1. The van der Waals surface area contributed by atoms with Gasteiger partial charge in [-0.3, -0.25) is 4.99 Å². The van der Waals surface area contributed by atoms with Crippen LogP contribution in [0.25, 0.3) is 0 Å². The second-order valence-electron chi connectivity index (χ2n) is 5.78. The monoisotopic (exact) mass is 491 g/mol. The van der Waals surface area contributed by atoms with Gasteiger partial charge in [0.05, 0.1) is 10.2 Å². The molecular formula is C21H16Br2ClNO. The van der Waals surface area contributed by atoms with Crippen LogP contribution in [0.15, 0.2) is 74.6 Å². The molecule has 0 aromatic heterocycles. The van der Waals surface area contributed by atoms with Crippen molar-refractivity contribution in [3.05, 3.63) is 91.3 Å². The molecule has 0 heterocycles. The first kappa shape index (κ1) is 19.2. The van der Waals surface area contributed by atoms with E-state index in [9.17, 15) is 0 Å². The van der Waals surface area contributed by atoms with E-state index >= 15 is 0 Å². The Balaban J connectivity index is 1.87. The van der Waals surface area contributed by atoms with Crippen LogP contribution in [-0.4, -0.2) is 6.21 Å². The fourth-order valence-corrected chi connectivity index (χ4v) is 3.93. The Morgan fingerprint density at radius 3 is 2.50 bits per heavy atom. The van der Waals surface area contributed by atoms with Crippen LogP contribution in [0.5, 0.6) is 5.75 Å². The number of ether oxygens (including phenoxy) is 1. The smallest absolute Gasteiger partial charge is 0.142 e. The molecule has 0 unspecified atom stereocenters. The van der Waals surface area contributed by atoms with E-state index in [1.54, 1.807) is 0 Å². The van der Waals surface area contributed by atoms with Crippen LogP contribution in [0.2, 0.25) is 5.02 Å². The molecule has 0 atom stereocenters. The Morgan fingerprint density at radius 2 is 1.77 bits per heavy atom. The lowest BCUT2D eigenvalue weighted by molar-refractivity contribution is 0.304. The summed E-state index contributed by atoms with van der Waals surface area (Å²) in [4.78, 5) is 4.56. The van der Waals surface area contributed by atoms with E-state index in [0.717, 1.165) is 31.5 Å². The minimum absolute atomic E-state index is 0.380. The van der Waals surface area contributed by atoms with E-state index in [1.807, 2.05) is 66.9 Å². The third-order valence-electron chi connectivity index (χ3n) is 3.75. The SMILES string of the molecule is Cc1ccc(N=Cc2cc(Br)cc(Br)c2OCc2ccccc2Cl)cc1. The Kier molecular flexibility index (Phi) is 6.52. The Bertz CT molecular complexity index is 939. The molecule has 0 aliphatic rings. The number of halogens is 3. The minimum atomic E-state index is 0.380. The van der Waals surface area contributed by atoms with Gasteiger partial charge >= 0.3 is 0 Å². The predicted octanol–water partition coefficient (Wildman–Crippen LogP) is 7.50. The lowest BCUT2D eigenvalue weighted by atomic mass is 10.2. The van der Waals surface area contributed by atoms with Crippen molar-refractivity contribution in [3.63, 3.8) is 0 Å². The maximum atomic E-state index is 6.22. The van der Waals surface area contributed by atoms with Crippen molar-refractivity contribution < 1.29 is 4.74 Å². The highest BCUT2D eigenvalue weighted by molar-refractivity contribution is 9.11. The zero-order valence-electron chi connectivity index (χ0n) is 14.0. The van der Waals surface area contributed by atoms with Gasteiger partial charge in [-0.15, -0.1) is 0 Å². The predicted molar refractivity (Wildman–Crippen MR) is 116 cm³/mol. The summed E-state index contributed by atoms with van der Waals surface area (Å²) < 4.78 is 7.85. The van der Waals surface area contributed by atoms with Crippen LogP contribution in [-0.2, 0) is 6.61 Å². The van der Waals surface area contributed by atoms with Crippen LogP contribution in [0, 0.1) is 6.92 Å². The molecule has 5 heteroatoms. The summed E-state index contributed by atoms with van der Waals surface area (Å²) in [5.41, 5.74) is 3.91. The van der Waals surface area contributed by atoms with Gasteiger partial charge in [0.2, 0.25) is 0 Å². The van der Waals surface area contributed by atoms with Crippen LogP contribution in [0.4, 0.5) is 5.69 Å². The minimum Gasteiger partial charge on any atom is -0.487 e. The van der Waals surface area contributed by atoms with E-state index in [1.165, 1.54) is 5.56 Å². The van der Waals surface area contributed by atoms with E-state index in [-0.39, 0.29) is 0 Å². The number of nitrogens with zero attached hydrogens (tertiary/aromatic N) is 1. The maximum Gasteiger partial charge on any atom is 0.142 e. The van der Waals surface area contributed by atoms with Crippen LogP contribution in [0.1, 0.15) is 16.7 Å². The number of benzene rings is 3. The summed E-state index contributed by atoms with van der Waals surface area (Å²) in [5.74, 6) is 0.726. The molecule has 0 aliphatic carbocycles. The molecule has 3 rings (SSSR count). The summed E-state index contributed by atoms with van der Waals surface area (Å²) in [6, 6.07) is 19.6. The largest absolute Gasteiger partial charge is 0.487 e. The maximum absolute atomic E-state index is 6.22. The van der Waals surface area contributed by atoms with E-state index in [0.29, 0.717) is 11.6 Å². The van der Waals surface area contributed by atoms with Gasteiger partial charge in [0.1, 0.15) is 12.4 Å².